The van der Waals surface area contributed by atoms with Gasteiger partial charge in [0.1, 0.15) is 0 Å². The minimum Gasteiger partial charge on any atom is -0.309 e. The molecule has 0 radical (unpaired) electrons. The number of aryl methyl sites for hydroxylation is 1. The number of benzene rings is 9. The summed E-state index contributed by atoms with van der Waals surface area (Å²) in [5.41, 5.74) is 13.8. The van der Waals surface area contributed by atoms with Crippen molar-refractivity contribution in [3.63, 3.8) is 0 Å². The lowest BCUT2D eigenvalue weighted by atomic mass is 9.81. The molecule has 1 nitrogen and oxygen atoms in total. The molecule has 10 rings (SSSR count). The molecule has 1 heterocycles. The minimum absolute atomic E-state index is 0.0744. The SMILES string of the molecule is Cc1ccc(-c2cc(-c3ccc(-n4c5ccccc5c5cc(-c6ccccc6)ccc54)cc3)c3ccc4cc(C(C)(C)C)cc5ccc2c3c54)cc1. The van der Waals surface area contributed by atoms with E-state index in [2.05, 4.69) is 196 Å². The van der Waals surface area contributed by atoms with E-state index in [0.717, 1.165) is 5.69 Å². The molecule has 0 saturated heterocycles. The van der Waals surface area contributed by atoms with E-state index >= 15 is 0 Å². The van der Waals surface area contributed by atoms with Gasteiger partial charge < -0.3 is 4.57 Å². The van der Waals surface area contributed by atoms with Crippen LogP contribution in [0.2, 0.25) is 0 Å². The Kier molecular flexibility index (Phi) is 6.73. The number of para-hydroxylation sites is 1. The third-order valence-corrected chi connectivity index (χ3v) is 11.2. The maximum absolute atomic E-state index is 2.42. The first-order valence-corrected chi connectivity index (χ1v) is 18.3. The molecule has 10 aromatic rings. The van der Waals surface area contributed by atoms with Crippen LogP contribution < -0.4 is 0 Å². The van der Waals surface area contributed by atoms with Gasteiger partial charge in [0.25, 0.3) is 0 Å². The van der Waals surface area contributed by atoms with Gasteiger partial charge in [-0.25, -0.2) is 0 Å². The molecule has 0 bridgehead atoms. The van der Waals surface area contributed by atoms with Crippen LogP contribution in [0.1, 0.15) is 31.9 Å². The average molecular weight is 666 g/mol. The first-order chi connectivity index (χ1) is 25.3. The Labute approximate surface area is 304 Å². The van der Waals surface area contributed by atoms with Gasteiger partial charge in [-0.2, -0.15) is 0 Å². The zero-order valence-electron chi connectivity index (χ0n) is 30.0. The molecule has 0 N–H and O–H groups in total. The Morgan fingerprint density at radius 3 is 1.63 bits per heavy atom. The standard InChI is InChI=1S/C51H39N/c1-32-14-16-34(17-15-32)44-31-45(43-26-21-38-29-39(51(2,3)4)28-37-20-25-42(44)50(43)49(37)38)35-18-23-40(24-19-35)52-47-13-9-8-12-41(47)46-30-36(22-27-48(46)52)33-10-6-5-7-11-33/h5-31H,1-4H3. The second kappa shape index (κ2) is 11.4. The van der Waals surface area contributed by atoms with Crippen LogP contribution in [0.15, 0.2) is 164 Å². The Bertz CT molecular complexity index is 2940. The van der Waals surface area contributed by atoms with Gasteiger partial charge >= 0.3 is 0 Å². The van der Waals surface area contributed by atoms with Crippen molar-refractivity contribution in [2.45, 2.75) is 33.1 Å². The molecule has 0 spiro atoms. The molecule has 0 unspecified atom stereocenters. The van der Waals surface area contributed by atoms with Crippen molar-refractivity contribution in [3.05, 3.63) is 175 Å². The average Bonchev–Trinajstić information content (AvgIpc) is 3.51. The molecule has 0 saturated carbocycles. The number of fused-ring (bicyclic) bond motifs is 3. The van der Waals surface area contributed by atoms with Crippen LogP contribution in [-0.4, -0.2) is 4.57 Å². The van der Waals surface area contributed by atoms with Crippen molar-refractivity contribution in [2.24, 2.45) is 0 Å². The Morgan fingerprint density at radius 1 is 0.404 bits per heavy atom. The molecular formula is C51H39N. The zero-order valence-corrected chi connectivity index (χ0v) is 30.0. The Hall–Kier alpha value is -6.18. The predicted molar refractivity (Wildman–Crippen MR) is 224 cm³/mol. The van der Waals surface area contributed by atoms with E-state index in [1.165, 1.54) is 98.6 Å². The first kappa shape index (κ1) is 30.6. The maximum atomic E-state index is 2.42. The summed E-state index contributed by atoms with van der Waals surface area (Å²) in [5.74, 6) is 0. The van der Waals surface area contributed by atoms with Crippen LogP contribution in [0.5, 0.6) is 0 Å². The highest BCUT2D eigenvalue weighted by Crippen LogP contribution is 2.45. The van der Waals surface area contributed by atoms with Gasteiger partial charge in [-0.1, -0.05) is 154 Å². The second-order valence-corrected chi connectivity index (χ2v) is 15.5. The van der Waals surface area contributed by atoms with E-state index in [9.17, 15) is 0 Å². The van der Waals surface area contributed by atoms with Crippen LogP contribution in [0.25, 0.3) is 93.2 Å². The van der Waals surface area contributed by atoms with E-state index < -0.39 is 0 Å². The van der Waals surface area contributed by atoms with Crippen molar-refractivity contribution in [1.82, 2.24) is 4.57 Å². The first-order valence-electron chi connectivity index (χ1n) is 18.3. The fourth-order valence-electron chi connectivity index (χ4n) is 8.41. The van der Waals surface area contributed by atoms with E-state index in [0.29, 0.717) is 0 Å². The van der Waals surface area contributed by atoms with Crippen molar-refractivity contribution in [1.29, 1.82) is 0 Å². The van der Waals surface area contributed by atoms with Gasteiger partial charge in [0.05, 0.1) is 11.0 Å². The summed E-state index contributed by atoms with van der Waals surface area (Å²) in [4.78, 5) is 0. The molecule has 0 aliphatic heterocycles. The topological polar surface area (TPSA) is 4.93 Å². The van der Waals surface area contributed by atoms with E-state index in [-0.39, 0.29) is 5.41 Å². The third-order valence-electron chi connectivity index (χ3n) is 11.2. The molecule has 0 amide bonds. The van der Waals surface area contributed by atoms with E-state index in [4.69, 9.17) is 0 Å². The molecule has 0 aliphatic rings. The van der Waals surface area contributed by atoms with Gasteiger partial charge in [0.15, 0.2) is 0 Å². The Morgan fingerprint density at radius 2 is 0.981 bits per heavy atom. The van der Waals surface area contributed by atoms with E-state index in [1.807, 2.05) is 0 Å². The molecule has 52 heavy (non-hydrogen) atoms. The molecule has 248 valence electrons. The quantitative estimate of drug-likeness (QED) is 0.165. The monoisotopic (exact) mass is 665 g/mol. The summed E-state index contributed by atoms with van der Waals surface area (Å²) >= 11 is 0. The summed E-state index contributed by atoms with van der Waals surface area (Å²) in [6.45, 7) is 9.07. The molecule has 1 aromatic heterocycles. The second-order valence-electron chi connectivity index (χ2n) is 15.5. The lowest BCUT2D eigenvalue weighted by Crippen LogP contribution is -2.10. The highest BCUT2D eigenvalue weighted by Gasteiger charge is 2.21. The summed E-state index contributed by atoms with van der Waals surface area (Å²) in [5, 5.41) is 10.5. The fourth-order valence-corrected chi connectivity index (χ4v) is 8.41. The third kappa shape index (κ3) is 4.77. The number of hydrogen-bond donors (Lipinski definition) is 0. The van der Waals surface area contributed by atoms with Crippen LogP contribution in [0.3, 0.4) is 0 Å². The highest BCUT2D eigenvalue weighted by molar-refractivity contribution is 6.28. The normalized spacial score (nSPS) is 12.2. The lowest BCUT2D eigenvalue weighted by molar-refractivity contribution is 0.591. The summed E-state index contributed by atoms with van der Waals surface area (Å²) in [6.07, 6.45) is 0. The number of nitrogens with zero attached hydrogens (tertiary/aromatic N) is 1. The Balaban J connectivity index is 1.18. The van der Waals surface area contributed by atoms with Crippen LogP contribution in [-0.2, 0) is 5.41 Å². The maximum Gasteiger partial charge on any atom is 0.0541 e. The van der Waals surface area contributed by atoms with Gasteiger partial charge in [-0.05, 0) is 120 Å². The van der Waals surface area contributed by atoms with Crippen LogP contribution in [0.4, 0.5) is 0 Å². The molecule has 1 heteroatoms. The smallest absolute Gasteiger partial charge is 0.0541 e. The molecular weight excluding hydrogens is 627 g/mol. The molecule has 0 aliphatic carbocycles. The van der Waals surface area contributed by atoms with Gasteiger partial charge in [0.2, 0.25) is 0 Å². The minimum atomic E-state index is 0.0744. The molecule has 0 atom stereocenters. The highest BCUT2D eigenvalue weighted by atomic mass is 15.0. The van der Waals surface area contributed by atoms with Gasteiger partial charge in [0, 0.05) is 16.5 Å². The number of aromatic nitrogens is 1. The van der Waals surface area contributed by atoms with Gasteiger partial charge in [-0.3, -0.25) is 0 Å². The summed E-state index contributed by atoms with van der Waals surface area (Å²) in [7, 11) is 0. The van der Waals surface area contributed by atoms with E-state index in [1.54, 1.807) is 0 Å². The number of hydrogen-bond acceptors (Lipinski definition) is 0. The number of rotatable bonds is 4. The summed E-state index contributed by atoms with van der Waals surface area (Å²) in [6, 6.07) is 61.2. The van der Waals surface area contributed by atoms with Crippen LogP contribution in [0, 0.1) is 6.92 Å². The lowest BCUT2D eigenvalue weighted by Gasteiger charge is -2.23. The fraction of sp³-hybridized carbons (Fsp3) is 0.0980. The van der Waals surface area contributed by atoms with Gasteiger partial charge in [-0.15, -0.1) is 0 Å². The van der Waals surface area contributed by atoms with Crippen molar-refractivity contribution < 1.29 is 0 Å². The molecule has 0 fully saturated rings. The van der Waals surface area contributed by atoms with Crippen molar-refractivity contribution >= 4 is 54.1 Å². The zero-order chi connectivity index (χ0) is 35.1. The van der Waals surface area contributed by atoms with Crippen molar-refractivity contribution in [3.8, 4) is 39.1 Å². The summed E-state index contributed by atoms with van der Waals surface area (Å²) < 4.78 is 2.41. The molecule has 9 aromatic carbocycles. The van der Waals surface area contributed by atoms with Crippen molar-refractivity contribution in [2.75, 3.05) is 0 Å². The largest absolute Gasteiger partial charge is 0.309 e. The predicted octanol–water partition coefficient (Wildman–Crippen LogP) is 14.3. The van der Waals surface area contributed by atoms with Crippen LogP contribution >= 0.6 is 0 Å².